The molecular formula is C19H28O13S. The fourth-order valence-electron chi connectivity index (χ4n) is 3.63. The summed E-state index contributed by atoms with van der Waals surface area (Å²) in [6, 6.07) is 5.53. The van der Waals surface area contributed by atoms with Gasteiger partial charge in [0.25, 0.3) is 10.1 Å². The van der Waals surface area contributed by atoms with Crippen LogP contribution in [0.2, 0.25) is 0 Å². The minimum atomic E-state index is -4.54. The summed E-state index contributed by atoms with van der Waals surface area (Å²) in [6.45, 7) is -0.911. The molecule has 2 fully saturated rings. The summed E-state index contributed by atoms with van der Waals surface area (Å²) < 4.78 is 46.8. The van der Waals surface area contributed by atoms with Gasteiger partial charge in [-0.2, -0.15) is 8.42 Å². The van der Waals surface area contributed by atoms with E-state index in [1.165, 1.54) is 24.3 Å². The lowest BCUT2D eigenvalue weighted by molar-refractivity contribution is -0.380. The van der Waals surface area contributed by atoms with Crippen molar-refractivity contribution in [1.82, 2.24) is 0 Å². The lowest BCUT2D eigenvalue weighted by Crippen LogP contribution is -2.63. The van der Waals surface area contributed by atoms with E-state index in [4.69, 9.17) is 18.4 Å². The maximum absolute atomic E-state index is 12.8. The van der Waals surface area contributed by atoms with Crippen LogP contribution < -0.4 is 0 Å². The van der Waals surface area contributed by atoms with Crippen molar-refractivity contribution in [2.45, 2.75) is 66.6 Å². The Labute approximate surface area is 189 Å². The van der Waals surface area contributed by atoms with Gasteiger partial charge < -0.3 is 50.0 Å². The van der Waals surface area contributed by atoms with Gasteiger partial charge in [-0.15, -0.1) is 0 Å². The summed E-state index contributed by atoms with van der Waals surface area (Å²) in [5.74, 6) is -2.41. The number of benzene rings is 1. The fraction of sp³-hybridized carbons (Fsp3) is 0.684. The van der Waals surface area contributed by atoms with Crippen LogP contribution in [0.1, 0.15) is 5.56 Å². The van der Waals surface area contributed by atoms with Gasteiger partial charge in [0.2, 0.25) is 5.79 Å². The molecule has 0 unspecified atom stereocenters. The highest BCUT2D eigenvalue weighted by Gasteiger charge is 2.59. The molecule has 0 saturated carbocycles. The number of aryl methyl sites for hydroxylation is 1. The van der Waals surface area contributed by atoms with E-state index in [9.17, 15) is 44.2 Å². The van der Waals surface area contributed by atoms with Crippen molar-refractivity contribution in [3.8, 4) is 0 Å². The highest BCUT2D eigenvalue weighted by Crippen LogP contribution is 2.37. The Bertz CT molecular complexity index is 893. The molecule has 0 aliphatic carbocycles. The van der Waals surface area contributed by atoms with Crippen molar-refractivity contribution in [1.29, 1.82) is 0 Å². The average Bonchev–Trinajstić information content (AvgIpc) is 3.03. The van der Waals surface area contributed by atoms with Gasteiger partial charge in [-0.05, 0) is 19.1 Å². The second kappa shape index (κ2) is 10.2. The Morgan fingerprint density at radius 3 is 2.06 bits per heavy atom. The van der Waals surface area contributed by atoms with Crippen LogP contribution in [0.25, 0.3) is 0 Å². The fourth-order valence-corrected chi connectivity index (χ4v) is 4.70. The number of hydrogen-bond acceptors (Lipinski definition) is 13. The maximum Gasteiger partial charge on any atom is 0.297 e. The number of aliphatic hydroxyl groups excluding tert-OH is 7. The van der Waals surface area contributed by atoms with Crippen molar-refractivity contribution < 1.29 is 62.6 Å². The molecule has 13 nitrogen and oxygen atoms in total. The first kappa shape index (κ1) is 26.3. The standard InChI is InChI=1S/C19H28O13S/c1-9-2-4-10(5-3-9)33(27,28)32-16-15(25)13(23)11(6-20)29-18(16)31-19(8-22)17(26)14(24)12(7-21)30-19/h2-5,11-18,20-26H,6-8H2,1H3/t11-,12-,13-,14-,15+,16-,17+,18-,19+/m1/s1. The van der Waals surface area contributed by atoms with Crippen LogP contribution in [0.4, 0.5) is 0 Å². The molecule has 33 heavy (non-hydrogen) atoms. The molecule has 0 spiro atoms. The number of ether oxygens (including phenoxy) is 3. The van der Waals surface area contributed by atoms with Gasteiger partial charge in [0.1, 0.15) is 43.2 Å². The maximum atomic E-state index is 12.8. The monoisotopic (exact) mass is 496 g/mol. The third kappa shape index (κ3) is 5.07. The predicted octanol–water partition coefficient (Wildman–Crippen LogP) is -3.67. The Kier molecular flexibility index (Phi) is 8.10. The lowest BCUT2D eigenvalue weighted by atomic mass is 9.99. The molecule has 14 heteroatoms. The first-order chi connectivity index (χ1) is 15.5. The number of hydrogen-bond donors (Lipinski definition) is 7. The third-order valence-electron chi connectivity index (χ3n) is 5.59. The van der Waals surface area contributed by atoms with E-state index in [1.807, 2.05) is 0 Å². The second-order valence-corrected chi connectivity index (χ2v) is 9.47. The van der Waals surface area contributed by atoms with E-state index in [1.54, 1.807) is 6.92 Å². The molecule has 0 amide bonds. The van der Waals surface area contributed by atoms with Gasteiger partial charge in [-0.1, -0.05) is 17.7 Å². The van der Waals surface area contributed by atoms with E-state index in [2.05, 4.69) is 0 Å². The van der Waals surface area contributed by atoms with Crippen molar-refractivity contribution in [2.75, 3.05) is 19.8 Å². The molecule has 0 aromatic heterocycles. The van der Waals surface area contributed by atoms with E-state index >= 15 is 0 Å². The summed E-state index contributed by atoms with van der Waals surface area (Å²) in [4.78, 5) is -0.275. The minimum Gasteiger partial charge on any atom is -0.394 e. The zero-order valence-electron chi connectivity index (χ0n) is 17.5. The molecule has 188 valence electrons. The van der Waals surface area contributed by atoms with Gasteiger partial charge in [-0.25, -0.2) is 0 Å². The smallest absolute Gasteiger partial charge is 0.297 e. The third-order valence-corrected chi connectivity index (χ3v) is 6.92. The first-order valence-corrected chi connectivity index (χ1v) is 11.5. The molecule has 1 aromatic carbocycles. The van der Waals surface area contributed by atoms with Crippen LogP contribution in [-0.4, -0.2) is 119 Å². The molecule has 9 atom stereocenters. The van der Waals surface area contributed by atoms with Crippen LogP contribution in [0.15, 0.2) is 29.2 Å². The quantitative estimate of drug-likeness (QED) is 0.173. The predicted molar refractivity (Wildman–Crippen MR) is 106 cm³/mol. The van der Waals surface area contributed by atoms with Crippen molar-refractivity contribution >= 4 is 10.1 Å². The van der Waals surface area contributed by atoms with Crippen LogP contribution in [0.5, 0.6) is 0 Å². The highest BCUT2D eigenvalue weighted by atomic mass is 32.2. The molecular weight excluding hydrogens is 468 g/mol. The molecule has 3 rings (SSSR count). The van der Waals surface area contributed by atoms with Gasteiger partial charge in [0, 0.05) is 0 Å². The van der Waals surface area contributed by atoms with Crippen molar-refractivity contribution in [3.05, 3.63) is 29.8 Å². The van der Waals surface area contributed by atoms with Gasteiger partial charge in [-0.3, -0.25) is 4.18 Å². The largest absolute Gasteiger partial charge is 0.394 e. The summed E-state index contributed by atoms with van der Waals surface area (Å²) in [5.41, 5.74) is 0.770. The molecule has 1 aromatic rings. The number of rotatable bonds is 8. The molecule has 7 N–H and O–H groups in total. The Morgan fingerprint density at radius 2 is 1.55 bits per heavy atom. The van der Waals surface area contributed by atoms with E-state index in [0.29, 0.717) is 0 Å². The van der Waals surface area contributed by atoms with Crippen LogP contribution >= 0.6 is 0 Å². The summed E-state index contributed by atoms with van der Waals surface area (Å²) in [6.07, 6.45) is -14.1. The second-order valence-electron chi connectivity index (χ2n) is 7.90. The van der Waals surface area contributed by atoms with Gasteiger partial charge >= 0.3 is 0 Å². The average molecular weight is 496 g/mol. The van der Waals surface area contributed by atoms with Crippen LogP contribution in [0.3, 0.4) is 0 Å². The number of aliphatic hydroxyl groups is 7. The lowest BCUT2D eigenvalue weighted by Gasteiger charge is -2.44. The first-order valence-electron chi connectivity index (χ1n) is 10.1. The Morgan fingerprint density at radius 1 is 0.939 bits per heavy atom. The molecule has 0 radical (unpaired) electrons. The van der Waals surface area contributed by atoms with Crippen molar-refractivity contribution in [3.63, 3.8) is 0 Å². The summed E-state index contributed by atoms with van der Waals surface area (Å²) >= 11 is 0. The molecule has 2 heterocycles. The Balaban J connectivity index is 1.93. The summed E-state index contributed by atoms with van der Waals surface area (Å²) in [7, 11) is -4.54. The molecule has 2 aliphatic heterocycles. The molecule has 0 bridgehead atoms. The van der Waals surface area contributed by atoms with E-state index in [-0.39, 0.29) is 4.90 Å². The van der Waals surface area contributed by atoms with Crippen molar-refractivity contribution in [2.24, 2.45) is 0 Å². The highest BCUT2D eigenvalue weighted by molar-refractivity contribution is 7.86. The van der Waals surface area contributed by atoms with Crippen LogP contribution in [0, 0.1) is 6.92 Å². The normalized spacial score (nSPS) is 39.6. The zero-order chi connectivity index (χ0) is 24.6. The molecule has 2 aliphatic rings. The molecule has 2 saturated heterocycles. The SMILES string of the molecule is Cc1ccc(S(=O)(=O)O[C@H]2[C@@H](O[C@]3(CO)O[C@H](CO)[C@@H](O)[C@@H]3O)O[C@H](CO)[C@@H](O)[C@@H]2O)cc1. The van der Waals surface area contributed by atoms with E-state index in [0.717, 1.165) is 5.56 Å². The summed E-state index contributed by atoms with van der Waals surface area (Å²) in [5, 5.41) is 69.8. The van der Waals surface area contributed by atoms with E-state index < -0.39 is 84.7 Å². The zero-order valence-corrected chi connectivity index (χ0v) is 18.4. The Hall–Kier alpha value is -1.27. The van der Waals surface area contributed by atoms with Crippen LogP contribution in [-0.2, 0) is 28.5 Å². The minimum absolute atomic E-state index is 0.275. The van der Waals surface area contributed by atoms with Gasteiger partial charge in [0.05, 0.1) is 18.1 Å². The topological polar surface area (TPSA) is 213 Å². The van der Waals surface area contributed by atoms with Gasteiger partial charge in [0.15, 0.2) is 12.4 Å².